The SMILES string of the molecule is CCn1nnc2ccc(N3CC(C)(C)c4c3ncnc4N3C[C@@H](C)N(C(=O)[C@]4(C)CCS4(=O)=O)C[C@@H]3C)cc21. The number of sulfone groups is 1. The minimum Gasteiger partial charge on any atom is -0.350 e. The number of benzene rings is 1. The van der Waals surface area contributed by atoms with Gasteiger partial charge in [-0.25, -0.2) is 23.1 Å². The van der Waals surface area contributed by atoms with E-state index in [1.165, 1.54) is 0 Å². The lowest BCUT2D eigenvalue weighted by Gasteiger charge is -2.49. The van der Waals surface area contributed by atoms with Gasteiger partial charge in [0.15, 0.2) is 9.84 Å². The van der Waals surface area contributed by atoms with E-state index in [-0.39, 0.29) is 29.2 Å². The van der Waals surface area contributed by atoms with Crippen LogP contribution in [0.1, 0.15) is 53.5 Å². The van der Waals surface area contributed by atoms with Crippen molar-refractivity contribution in [1.82, 2.24) is 29.9 Å². The highest BCUT2D eigenvalue weighted by Gasteiger charge is 2.57. The van der Waals surface area contributed by atoms with Gasteiger partial charge in [0.25, 0.3) is 0 Å². The predicted octanol–water partition coefficient (Wildman–Crippen LogP) is 2.67. The van der Waals surface area contributed by atoms with Crippen LogP contribution in [0, 0.1) is 0 Å². The van der Waals surface area contributed by atoms with Crippen molar-refractivity contribution in [3.63, 3.8) is 0 Å². The first-order valence-electron chi connectivity index (χ1n) is 13.6. The highest BCUT2D eigenvalue weighted by Crippen LogP contribution is 2.47. The second kappa shape index (κ2) is 8.61. The van der Waals surface area contributed by atoms with Gasteiger partial charge in [-0.3, -0.25) is 4.79 Å². The molecule has 2 aromatic heterocycles. The fourth-order valence-electron chi connectivity index (χ4n) is 6.34. The molecule has 0 aliphatic carbocycles. The molecule has 0 spiro atoms. The molecule has 3 aromatic rings. The Hall–Kier alpha value is -3.28. The molecule has 39 heavy (non-hydrogen) atoms. The fraction of sp³-hybridized carbons (Fsp3) is 0.593. The van der Waals surface area contributed by atoms with Crippen molar-refractivity contribution in [1.29, 1.82) is 0 Å². The highest BCUT2D eigenvalue weighted by molar-refractivity contribution is 7.95. The molecular weight excluding hydrogens is 516 g/mol. The first-order valence-corrected chi connectivity index (χ1v) is 15.3. The van der Waals surface area contributed by atoms with Crippen LogP contribution in [0.3, 0.4) is 0 Å². The molecule has 3 aliphatic heterocycles. The summed E-state index contributed by atoms with van der Waals surface area (Å²) in [5.74, 6) is 1.57. The summed E-state index contributed by atoms with van der Waals surface area (Å²) in [7, 11) is -3.39. The van der Waals surface area contributed by atoms with E-state index in [2.05, 4.69) is 59.9 Å². The van der Waals surface area contributed by atoms with Crippen molar-refractivity contribution in [2.75, 3.05) is 35.2 Å². The zero-order chi connectivity index (χ0) is 27.9. The van der Waals surface area contributed by atoms with Crippen molar-refractivity contribution in [3.05, 3.63) is 30.1 Å². The number of fused-ring (bicyclic) bond motifs is 2. The molecule has 12 heteroatoms. The van der Waals surface area contributed by atoms with E-state index in [1.54, 1.807) is 18.2 Å². The fourth-order valence-corrected chi connectivity index (χ4v) is 7.87. The van der Waals surface area contributed by atoms with Crippen LogP contribution in [0.15, 0.2) is 24.5 Å². The quantitative estimate of drug-likeness (QED) is 0.481. The summed E-state index contributed by atoms with van der Waals surface area (Å²) in [4.78, 5) is 29.2. The predicted molar refractivity (Wildman–Crippen MR) is 150 cm³/mol. The first-order chi connectivity index (χ1) is 18.4. The third kappa shape index (κ3) is 3.74. The van der Waals surface area contributed by atoms with E-state index in [9.17, 15) is 13.2 Å². The summed E-state index contributed by atoms with van der Waals surface area (Å²) in [6.07, 6.45) is 2.01. The minimum absolute atomic E-state index is 0.0401. The molecule has 1 amide bonds. The van der Waals surface area contributed by atoms with Crippen molar-refractivity contribution in [3.8, 4) is 0 Å². The smallest absolute Gasteiger partial charge is 0.244 e. The summed E-state index contributed by atoms with van der Waals surface area (Å²) in [5.41, 5.74) is 3.73. The van der Waals surface area contributed by atoms with E-state index in [0.717, 1.165) is 47.0 Å². The standard InChI is InChI=1S/C27H36N8O3S/c1-7-35-21-12-19(8-9-20(21)30-31-35)34-15-26(4,5)22-23(28-16-29-24(22)34)32-13-18(3)33(14-17(32)2)25(36)27(6)10-11-39(27,37)38/h8-9,12,16-18H,7,10-11,13-15H2,1-6H3/t17-,18+,27-/m0/s1. The number of amides is 1. The zero-order valence-corrected chi connectivity index (χ0v) is 24.2. The van der Waals surface area contributed by atoms with Gasteiger partial charge in [0, 0.05) is 54.9 Å². The molecule has 0 saturated carbocycles. The van der Waals surface area contributed by atoms with E-state index < -0.39 is 14.6 Å². The van der Waals surface area contributed by atoms with Crippen LogP contribution in [0.4, 0.5) is 17.3 Å². The molecule has 0 bridgehead atoms. The van der Waals surface area contributed by atoms with Gasteiger partial charge in [0.2, 0.25) is 5.91 Å². The molecule has 0 radical (unpaired) electrons. The molecule has 11 nitrogen and oxygen atoms in total. The lowest BCUT2D eigenvalue weighted by Crippen LogP contribution is -2.66. The Morgan fingerprint density at radius 3 is 2.49 bits per heavy atom. The van der Waals surface area contributed by atoms with Gasteiger partial charge < -0.3 is 14.7 Å². The number of hydrogen-bond acceptors (Lipinski definition) is 9. The summed E-state index contributed by atoms with van der Waals surface area (Å²) in [6.45, 7) is 14.6. The molecule has 0 N–H and O–H groups in total. The zero-order valence-electron chi connectivity index (χ0n) is 23.4. The highest BCUT2D eigenvalue weighted by atomic mass is 32.2. The van der Waals surface area contributed by atoms with Gasteiger partial charge >= 0.3 is 0 Å². The maximum Gasteiger partial charge on any atom is 0.244 e. The largest absolute Gasteiger partial charge is 0.350 e. The average molecular weight is 553 g/mol. The number of nitrogens with zero attached hydrogens (tertiary/aromatic N) is 8. The van der Waals surface area contributed by atoms with E-state index in [1.807, 2.05) is 17.7 Å². The minimum atomic E-state index is -3.39. The molecular formula is C27H36N8O3S. The molecule has 6 rings (SSSR count). The monoisotopic (exact) mass is 552 g/mol. The number of piperazine rings is 1. The number of rotatable bonds is 4. The van der Waals surface area contributed by atoms with Crippen molar-refractivity contribution in [2.24, 2.45) is 0 Å². The number of anilines is 3. The second-order valence-corrected chi connectivity index (χ2v) is 14.6. The maximum absolute atomic E-state index is 13.4. The van der Waals surface area contributed by atoms with Crippen LogP contribution < -0.4 is 9.80 Å². The van der Waals surface area contributed by atoms with Gasteiger partial charge in [-0.15, -0.1) is 5.10 Å². The summed E-state index contributed by atoms with van der Waals surface area (Å²) < 4.78 is 25.5. The lowest BCUT2D eigenvalue weighted by molar-refractivity contribution is -0.137. The Balaban J connectivity index is 1.33. The number of carbonyl (C=O) groups excluding carboxylic acids is 1. The Labute approximate surface area is 229 Å². The van der Waals surface area contributed by atoms with Gasteiger partial charge in [-0.05, 0) is 52.3 Å². The number of carbonyl (C=O) groups is 1. The summed E-state index contributed by atoms with van der Waals surface area (Å²) >= 11 is 0. The normalized spacial score (nSPS) is 27.5. The van der Waals surface area contributed by atoms with Crippen molar-refractivity contribution in [2.45, 2.75) is 76.8 Å². The van der Waals surface area contributed by atoms with Crippen LogP contribution in [0.25, 0.3) is 11.0 Å². The second-order valence-electron chi connectivity index (χ2n) is 12.1. The summed E-state index contributed by atoms with van der Waals surface area (Å²) in [5, 5.41) is 8.52. The van der Waals surface area contributed by atoms with Gasteiger partial charge in [0.1, 0.15) is 28.2 Å². The van der Waals surface area contributed by atoms with Gasteiger partial charge in [0.05, 0.1) is 11.3 Å². The van der Waals surface area contributed by atoms with E-state index in [0.29, 0.717) is 19.5 Å². The van der Waals surface area contributed by atoms with Crippen LogP contribution in [0.5, 0.6) is 0 Å². The Bertz CT molecular complexity index is 1580. The number of aromatic nitrogens is 5. The molecule has 0 unspecified atom stereocenters. The summed E-state index contributed by atoms with van der Waals surface area (Å²) in [6, 6.07) is 5.99. The first kappa shape index (κ1) is 26.0. The van der Waals surface area contributed by atoms with Crippen LogP contribution >= 0.6 is 0 Å². The number of hydrogen-bond donors (Lipinski definition) is 0. The average Bonchev–Trinajstić information content (AvgIpc) is 3.45. The third-order valence-electron chi connectivity index (χ3n) is 8.91. The molecule has 3 aliphatic rings. The topological polar surface area (TPSA) is 117 Å². The van der Waals surface area contributed by atoms with E-state index in [4.69, 9.17) is 9.97 Å². The van der Waals surface area contributed by atoms with Crippen LogP contribution in [-0.4, -0.2) is 86.4 Å². The Morgan fingerprint density at radius 1 is 1.08 bits per heavy atom. The van der Waals surface area contributed by atoms with E-state index >= 15 is 0 Å². The molecule has 3 atom stereocenters. The Kier molecular flexibility index (Phi) is 5.73. The Morgan fingerprint density at radius 2 is 1.82 bits per heavy atom. The van der Waals surface area contributed by atoms with Crippen molar-refractivity contribution < 1.29 is 13.2 Å². The van der Waals surface area contributed by atoms with Gasteiger partial charge in [-0.1, -0.05) is 19.1 Å². The molecule has 208 valence electrons. The van der Waals surface area contributed by atoms with Crippen LogP contribution in [-0.2, 0) is 26.6 Å². The van der Waals surface area contributed by atoms with Gasteiger partial charge in [-0.2, -0.15) is 0 Å². The lowest BCUT2D eigenvalue weighted by atomic mass is 9.87. The third-order valence-corrected chi connectivity index (χ3v) is 11.4. The molecule has 2 saturated heterocycles. The molecule has 5 heterocycles. The van der Waals surface area contributed by atoms with Crippen molar-refractivity contribution >= 4 is 44.1 Å². The molecule has 1 aromatic carbocycles. The molecule has 2 fully saturated rings. The maximum atomic E-state index is 13.4. The number of aryl methyl sites for hydroxylation is 1. The van der Waals surface area contributed by atoms with Crippen LogP contribution in [0.2, 0.25) is 0 Å².